The second-order valence-electron chi connectivity index (χ2n) is 8.50. The van der Waals surface area contributed by atoms with Gasteiger partial charge in [-0.3, -0.25) is 4.79 Å². The lowest BCUT2D eigenvalue weighted by Crippen LogP contribution is -2.12. The lowest BCUT2D eigenvalue weighted by Gasteiger charge is -2.09. The third-order valence-corrected chi connectivity index (χ3v) is 5.97. The number of aryl methyl sites for hydroxylation is 2. The van der Waals surface area contributed by atoms with Crippen LogP contribution in [0.15, 0.2) is 53.1 Å². The van der Waals surface area contributed by atoms with Gasteiger partial charge in [0, 0.05) is 42.6 Å². The fraction of sp³-hybridized carbons (Fsp3) is 0.346. The number of aromatic nitrogens is 5. The Morgan fingerprint density at radius 3 is 2.83 bits per heavy atom. The smallest absolute Gasteiger partial charge is 0.227 e. The van der Waals surface area contributed by atoms with Crippen LogP contribution >= 0.6 is 0 Å². The Morgan fingerprint density at radius 1 is 1.09 bits per heavy atom. The van der Waals surface area contributed by atoms with E-state index in [0.717, 1.165) is 60.0 Å². The Bertz CT molecular complexity index is 1290. The van der Waals surface area contributed by atoms with E-state index in [9.17, 15) is 4.79 Å². The van der Waals surface area contributed by atoms with Gasteiger partial charge in [0.15, 0.2) is 5.82 Å². The van der Waals surface area contributed by atoms with Crippen LogP contribution in [0.5, 0.6) is 5.75 Å². The average molecular weight is 473 g/mol. The minimum atomic E-state index is -0.122. The summed E-state index contributed by atoms with van der Waals surface area (Å²) >= 11 is 0. The number of carbonyl (C=O) groups is 1. The Labute approximate surface area is 203 Å². The standard InChI is InChI=1S/C26H28N6O3/c1-2-34-21-12-10-18(11-13-21)25-28-24(35-31-25)15-14-23(33)27-20-8-6-7-19(17-20)26-30-29-22-9-4-3-5-16-32(22)26/h6-8,10-13,17H,2-5,9,14-16H2,1H3,(H,27,33). The largest absolute Gasteiger partial charge is 0.494 e. The van der Waals surface area contributed by atoms with Crippen LogP contribution in [0, 0.1) is 0 Å². The predicted octanol–water partition coefficient (Wildman–Crippen LogP) is 4.69. The lowest BCUT2D eigenvalue weighted by atomic mass is 10.1. The SMILES string of the molecule is CCOc1ccc(-c2noc(CCC(=O)Nc3cccc(-c4nnc5n4CCCCC5)c3)n2)cc1. The van der Waals surface area contributed by atoms with Gasteiger partial charge in [0.2, 0.25) is 17.6 Å². The van der Waals surface area contributed by atoms with Crippen LogP contribution in [0.25, 0.3) is 22.8 Å². The maximum atomic E-state index is 12.6. The molecule has 9 nitrogen and oxygen atoms in total. The van der Waals surface area contributed by atoms with Gasteiger partial charge in [0.25, 0.3) is 0 Å². The lowest BCUT2D eigenvalue weighted by molar-refractivity contribution is -0.116. The summed E-state index contributed by atoms with van der Waals surface area (Å²) in [6.45, 7) is 3.48. The molecular weight excluding hydrogens is 444 g/mol. The summed E-state index contributed by atoms with van der Waals surface area (Å²) in [5.74, 6) is 3.47. The molecule has 0 atom stereocenters. The summed E-state index contributed by atoms with van der Waals surface area (Å²) in [4.78, 5) is 17.0. The zero-order valence-corrected chi connectivity index (χ0v) is 19.7. The first-order chi connectivity index (χ1) is 17.2. The number of fused-ring (bicyclic) bond motifs is 1. The molecule has 2 aromatic heterocycles. The Balaban J connectivity index is 1.19. The van der Waals surface area contributed by atoms with E-state index in [0.29, 0.717) is 24.7 Å². The highest BCUT2D eigenvalue weighted by atomic mass is 16.5. The van der Waals surface area contributed by atoms with Crippen LogP contribution in [-0.2, 0) is 24.2 Å². The maximum Gasteiger partial charge on any atom is 0.227 e. The van der Waals surface area contributed by atoms with Crippen LogP contribution in [0.2, 0.25) is 0 Å². The molecule has 0 radical (unpaired) electrons. The van der Waals surface area contributed by atoms with Gasteiger partial charge in [-0.2, -0.15) is 4.98 Å². The molecule has 3 heterocycles. The van der Waals surface area contributed by atoms with Crippen molar-refractivity contribution < 1.29 is 14.1 Å². The second-order valence-corrected chi connectivity index (χ2v) is 8.50. The molecule has 0 saturated heterocycles. The molecule has 1 N–H and O–H groups in total. The molecular formula is C26H28N6O3. The summed E-state index contributed by atoms with van der Waals surface area (Å²) in [5, 5.41) is 15.8. The molecule has 180 valence electrons. The van der Waals surface area contributed by atoms with Crippen molar-refractivity contribution in [3.05, 3.63) is 60.2 Å². The number of hydrogen-bond acceptors (Lipinski definition) is 7. The van der Waals surface area contributed by atoms with Crippen molar-refractivity contribution in [1.29, 1.82) is 0 Å². The van der Waals surface area contributed by atoms with Gasteiger partial charge >= 0.3 is 0 Å². The minimum absolute atomic E-state index is 0.122. The number of anilines is 1. The van der Waals surface area contributed by atoms with Gasteiger partial charge in [0.1, 0.15) is 11.6 Å². The molecule has 0 saturated carbocycles. The number of ether oxygens (including phenoxy) is 1. The highest BCUT2D eigenvalue weighted by Crippen LogP contribution is 2.25. The summed E-state index contributed by atoms with van der Waals surface area (Å²) in [6.07, 6.45) is 5.03. The maximum absolute atomic E-state index is 12.6. The van der Waals surface area contributed by atoms with Gasteiger partial charge in [-0.05, 0) is 56.2 Å². The van der Waals surface area contributed by atoms with Gasteiger partial charge in [-0.1, -0.05) is 23.7 Å². The monoisotopic (exact) mass is 472 g/mol. The van der Waals surface area contributed by atoms with Crippen LogP contribution in [0.1, 0.15) is 44.3 Å². The molecule has 0 bridgehead atoms. The molecule has 0 unspecified atom stereocenters. The Hall–Kier alpha value is -4.01. The molecule has 1 aliphatic heterocycles. The molecule has 0 aliphatic carbocycles. The van der Waals surface area contributed by atoms with Crippen LogP contribution < -0.4 is 10.1 Å². The van der Waals surface area contributed by atoms with Crippen molar-refractivity contribution in [3.63, 3.8) is 0 Å². The fourth-order valence-corrected chi connectivity index (χ4v) is 4.22. The third kappa shape index (κ3) is 5.40. The Morgan fingerprint density at radius 2 is 1.97 bits per heavy atom. The number of amides is 1. The van der Waals surface area contributed by atoms with E-state index in [2.05, 4.69) is 30.2 Å². The highest BCUT2D eigenvalue weighted by Gasteiger charge is 2.17. The predicted molar refractivity (Wildman–Crippen MR) is 131 cm³/mol. The van der Waals surface area contributed by atoms with E-state index in [-0.39, 0.29) is 12.3 Å². The summed E-state index contributed by atoms with van der Waals surface area (Å²) < 4.78 is 13.0. The zero-order chi connectivity index (χ0) is 24.0. The quantitative estimate of drug-likeness (QED) is 0.396. The molecule has 2 aromatic carbocycles. The van der Waals surface area contributed by atoms with Crippen LogP contribution in [-0.4, -0.2) is 37.4 Å². The second kappa shape index (κ2) is 10.5. The molecule has 5 rings (SSSR count). The Kier molecular flexibility index (Phi) is 6.83. The average Bonchev–Trinajstić information content (AvgIpc) is 3.45. The molecule has 35 heavy (non-hydrogen) atoms. The number of hydrogen-bond donors (Lipinski definition) is 1. The number of carbonyl (C=O) groups excluding carboxylic acids is 1. The van der Waals surface area contributed by atoms with E-state index >= 15 is 0 Å². The van der Waals surface area contributed by atoms with Crippen LogP contribution in [0.3, 0.4) is 0 Å². The van der Waals surface area contributed by atoms with Gasteiger partial charge in [-0.25, -0.2) is 0 Å². The minimum Gasteiger partial charge on any atom is -0.494 e. The van der Waals surface area contributed by atoms with Crippen molar-refractivity contribution >= 4 is 11.6 Å². The van der Waals surface area contributed by atoms with Crippen molar-refractivity contribution in [2.45, 2.75) is 52.0 Å². The number of nitrogens with one attached hydrogen (secondary N) is 1. The first-order valence-electron chi connectivity index (χ1n) is 12.1. The first kappa shape index (κ1) is 22.8. The molecule has 0 fully saturated rings. The van der Waals surface area contributed by atoms with E-state index in [1.807, 2.05) is 55.5 Å². The molecule has 9 heteroatoms. The number of rotatable bonds is 8. The molecule has 1 aliphatic rings. The van der Waals surface area contributed by atoms with E-state index in [1.54, 1.807) is 0 Å². The van der Waals surface area contributed by atoms with E-state index in [1.165, 1.54) is 6.42 Å². The topological polar surface area (TPSA) is 108 Å². The van der Waals surface area contributed by atoms with E-state index < -0.39 is 0 Å². The van der Waals surface area contributed by atoms with Crippen molar-refractivity contribution in [2.75, 3.05) is 11.9 Å². The van der Waals surface area contributed by atoms with Crippen LogP contribution in [0.4, 0.5) is 5.69 Å². The van der Waals surface area contributed by atoms with Crippen molar-refractivity contribution in [3.8, 4) is 28.5 Å². The van der Waals surface area contributed by atoms with Crippen molar-refractivity contribution in [1.82, 2.24) is 24.9 Å². The molecule has 0 spiro atoms. The van der Waals surface area contributed by atoms with Gasteiger partial charge in [-0.15, -0.1) is 10.2 Å². The number of benzene rings is 2. The number of nitrogens with zero attached hydrogens (tertiary/aromatic N) is 5. The molecule has 1 amide bonds. The fourth-order valence-electron chi connectivity index (χ4n) is 4.22. The van der Waals surface area contributed by atoms with Gasteiger partial charge < -0.3 is 19.1 Å². The zero-order valence-electron chi connectivity index (χ0n) is 19.7. The first-order valence-corrected chi connectivity index (χ1v) is 12.1. The molecule has 4 aromatic rings. The summed E-state index contributed by atoms with van der Waals surface area (Å²) in [5.41, 5.74) is 2.50. The summed E-state index contributed by atoms with van der Waals surface area (Å²) in [7, 11) is 0. The normalized spacial score (nSPS) is 13.2. The van der Waals surface area contributed by atoms with E-state index in [4.69, 9.17) is 9.26 Å². The highest BCUT2D eigenvalue weighted by molar-refractivity contribution is 5.91. The van der Waals surface area contributed by atoms with Gasteiger partial charge in [0.05, 0.1) is 6.61 Å². The third-order valence-electron chi connectivity index (χ3n) is 5.97. The van der Waals surface area contributed by atoms with Crippen molar-refractivity contribution in [2.24, 2.45) is 0 Å². The summed E-state index contributed by atoms with van der Waals surface area (Å²) in [6, 6.07) is 15.2.